The number of rotatable bonds is 4. The zero-order valence-electron chi connectivity index (χ0n) is 14.3. The van der Waals surface area contributed by atoms with Crippen LogP contribution >= 0.6 is 0 Å². The molecule has 0 atom stereocenters. The quantitative estimate of drug-likeness (QED) is 0.928. The van der Waals surface area contributed by atoms with Crippen LogP contribution in [0.5, 0.6) is 0 Å². The van der Waals surface area contributed by atoms with E-state index in [-0.39, 0.29) is 0 Å². The summed E-state index contributed by atoms with van der Waals surface area (Å²) in [4.78, 5) is 11.7. The first-order chi connectivity index (χ1) is 11.1. The molecule has 4 heteroatoms. The highest BCUT2D eigenvalue weighted by Gasteiger charge is 2.18. The van der Waals surface area contributed by atoms with Crippen LogP contribution in [-0.2, 0) is 6.54 Å². The van der Waals surface area contributed by atoms with E-state index in [1.165, 1.54) is 24.0 Å². The molecule has 122 valence electrons. The molecule has 0 spiro atoms. The Kier molecular flexibility index (Phi) is 4.79. The van der Waals surface area contributed by atoms with Gasteiger partial charge in [0, 0.05) is 31.4 Å². The molecule has 1 saturated heterocycles. The molecule has 0 saturated carbocycles. The van der Waals surface area contributed by atoms with E-state index < -0.39 is 0 Å². The number of nitrogens with zero attached hydrogens (tertiary/aromatic N) is 3. The van der Waals surface area contributed by atoms with Gasteiger partial charge in [0.05, 0.1) is 0 Å². The predicted octanol–water partition coefficient (Wildman–Crippen LogP) is 3.94. The number of nitrogens with one attached hydrogen (secondary N) is 1. The number of hydrogen-bond donors (Lipinski definition) is 1. The molecule has 1 aliphatic rings. The van der Waals surface area contributed by atoms with Crippen molar-refractivity contribution >= 4 is 11.8 Å². The Bertz CT molecular complexity index is 660. The molecule has 1 N–H and O–H groups in total. The average Bonchev–Trinajstić information content (AvgIpc) is 2.54. The average molecular weight is 310 g/mol. The molecular weight excluding hydrogens is 284 g/mol. The van der Waals surface area contributed by atoms with Gasteiger partial charge >= 0.3 is 0 Å². The maximum absolute atomic E-state index is 4.73. The summed E-state index contributed by atoms with van der Waals surface area (Å²) >= 11 is 0. The third-order valence-electron chi connectivity index (χ3n) is 4.63. The summed E-state index contributed by atoms with van der Waals surface area (Å²) in [6.07, 6.45) is 2.45. The van der Waals surface area contributed by atoms with Gasteiger partial charge in [-0.3, -0.25) is 0 Å². The van der Waals surface area contributed by atoms with E-state index in [2.05, 4.69) is 53.3 Å². The summed E-state index contributed by atoms with van der Waals surface area (Å²) in [5.74, 6) is 2.59. The van der Waals surface area contributed by atoms with Gasteiger partial charge < -0.3 is 10.2 Å². The van der Waals surface area contributed by atoms with Crippen LogP contribution in [0.4, 0.5) is 11.8 Å². The fraction of sp³-hybridized carbons (Fsp3) is 0.474. The smallest absolute Gasteiger partial charge is 0.227 e. The van der Waals surface area contributed by atoms with Crippen molar-refractivity contribution < 1.29 is 0 Å². The molecule has 0 bridgehead atoms. The van der Waals surface area contributed by atoms with Crippen LogP contribution in [0.15, 0.2) is 30.3 Å². The van der Waals surface area contributed by atoms with Crippen molar-refractivity contribution in [2.45, 2.75) is 40.2 Å². The normalized spacial score (nSPS) is 15.7. The van der Waals surface area contributed by atoms with Crippen molar-refractivity contribution in [1.29, 1.82) is 0 Å². The number of aryl methyl sites for hydroxylation is 2. The second-order valence-corrected chi connectivity index (χ2v) is 6.64. The topological polar surface area (TPSA) is 41.1 Å². The van der Waals surface area contributed by atoms with E-state index in [4.69, 9.17) is 4.98 Å². The second kappa shape index (κ2) is 6.99. The van der Waals surface area contributed by atoms with Crippen molar-refractivity contribution in [3.05, 3.63) is 47.2 Å². The van der Waals surface area contributed by atoms with Crippen LogP contribution in [0.2, 0.25) is 0 Å². The standard InChI is InChI=1S/C19H26N4/c1-14-8-10-23(11-9-14)19-21-16(3)12-18(22-19)20-13-17-7-5-4-6-15(17)2/h4-7,12,14H,8-11,13H2,1-3H3,(H,20,21,22). The SMILES string of the molecule is Cc1cc(NCc2ccccc2C)nc(N2CCC(C)CC2)n1. The van der Waals surface area contributed by atoms with Crippen LogP contribution in [0.1, 0.15) is 36.6 Å². The molecule has 23 heavy (non-hydrogen) atoms. The van der Waals surface area contributed by atoms with Crippen molar-refractivity contribution in [3.63, 3.8) is 0 Å². The number of piperidine rings is 1. The Hall–Kier alpha value is -2.10. The van der Waals surface area contributed by atoms with Gasteiger partial charge in [0.1, 0.15) is 5.82 Å². The predicted molar refractivity (Wildman–Crippen MR) is 95.9 cm³/mol. The Morgan fingerprint density at radius 3 is 2.61 bits per heavy atom. The Balaban J connectivity index is 1.71. The van der Waals surface area contributed by atoms with Crippen LogP contribution in [0, 0.1) is 19.8 Å². The van der Waals surface area contributed by atoms with Crippen molar-refractivity contribution in [2.24, 2.45) is 5.92 Å². The number of benzene rings is 1. The molecule has 1 aliphatic heterocycles. The molecule has 1 fully saturated rings. The fourth-order valence-corrected chi connectivity index (χ4v) is 2.99. The molecule has 0 amide bonds. The highest BCUT2D eigenvalue weighted by Crippen LogP contribution is 2.22. The van der Waals surface area contributed by atoms with E-state index in [0.29, 0.717) is 0 Å². The lowest BCUT2D eigenvalue weighted by Gasteiger charge is -2.30. The molecule has 0 unspecified atom stereocenters. The maximum atomic E-state index is 4.73. The molecule has 0 aliphatic carbocycles. The third-order valence-corrected chi connectivity index (χ3v) is 4.63. The van der Waals surface area contributed by atoms with Gasteiger partial charge in [0.25, 0.3) is 0 Å². The summed E-state index contributed by atoms with van der Waals surface area (Å²) in [5.41, 5.74) is 3.62. The summed E-state index contributed by atoms with van der Waals surface area (Å²) in [6, 6.07) is 10.5. The van der Waals surface area contributed by atoms with Gasteiger partial charge in [-0.1, -0.05) is 31.2 Å². The van der Waals surface area contributed by atoms with Crippen molar-refractivity contribution in [3.8, 4) is 0 Å². The summed E-state index contributed by atoms with van der Waals surface area (Å²) in [6.45, 7) is 9.41. The van der Waals surface area contributed by atoms with Crippen LogP contribution in [-0.4, -0.2) is 23.1 Å². The maximum Gasteiger partial charge on any atom is 0.227 e. The Labute approximate surface area is 139 Å². The lowest BCUT2D eigenvalue weighted by molar-refractivity contribution is 0.434. The van der Waals surface area contributed by atoms with Crippen molar-refractivity contribution in [1.82, 2.24) is 9.97 Å². The zero-order valence-corrected chi connectivity index (χ0v) is 14.3. The van der Waals surface area contributed by atoms with Gasteiger partial charge in [0.2, 0.25) is 5.95 Å². The summed E-state index contributed by atoms with van der Waals surface area (Å²) < 4.78 is 0. The number of aromatic nitrogens is 2. The molecule has 3 rings (SSSR count). The first kappa shape index (κ1) is 15.8. The second-order valence-electron chi connectivity index (χ2n) is 6.64. The largest absolute Gasteiger partial charge is 0.366 e. The molecule has 1 aromatic heterocycles. The molecule has 2 heterocycles. The molecule has 0 radical (unpaired) electrons. The molecule has 2 aromatic rings. The minimum absolute atomic E-state index is 0.791. The monoisotopic (exact) mass is 310 g/mol. The zero-order chi connectivity index (χ0) is 16.2. The minimum atomic E-state index is 0.791. The van der Waals surface area contributed by atoms with Crippen LogP contribution in [0.3, 0.4) is 0 Å². The van der Waals surface area contributed by atoms with E-state index in [1.807, 2.05) is 13.0 Å². The van der Waals surface area contributed by atoms with Crippen LogP contribution < -0.4 is 10.2 Å². The highest BCUT2D eigenvalue weighted by atomic mass is 15.3. The van der Waals surface area contributed by atoms with Gasteiger partial charge in [-0.2, -0.15) is 4.98 Å². The fourth-order valence-electron chi connectivity index (χ4n) is 2.99. The van der Waals surface area contributed by atoms with Gasteiger partial charge in [-0.25, -0.2) is 4.98 Å². The lowest BCUT2D eigenvalue weighted by atomic mass is 10.00. The van der Waals surface area contributed by atoms with Crippen LogP contribution in [0.25, 0.3) is 0 Å². The van der Waals surface area contributed by atoms with E-state index in [0.717, 1.165) is 43.0 Å². The first-order valence-electron chi connectivity index (χ1n) is 8.51. The number of hydrogen-bond acceptors (Lipinski definition) is 4. The molecular formula is C19H26N4. The molecule has 1 aromatic carbocycles. The van der Waals surface area contributed by atoms with E-state index in [1.54, 1.807) is 0 Å². The first-order valence-corrected chi connectivity index (χ1v) is 8.51. The number of anilines is 2. The molecule has 4 nitrogen and oxygen atoms in total. The van der Waals surface area contributed by atoms with E-state index >= 15 is 0 Å². The van der Waals surface area contributed by atoms with E-state index in [9.17, 15) is 0 Å². The Morgan fingerprint density at radius 2 is 1.87 bits per heavy atom. The Morgan fingerprint density at radius 1 is 1.13 bits per heavy atom. The minimum Gasteiger partial charge on any atom is -0.366 e. The van der Waals surface area contributed by atoms with Gasteiger partial charge in [0.15, 0.2) is 0 Å². The lowest BCUT2D eigenvalue weighted by Crippen LogP contribution is -2.34. The van der Waals surface area contributed by atoms with Gasteiger partial charge in [-0.05, 0) is 43.7 Å². The third kappa shape index (κ3) is 4.01. The highest BCUT2D eigenvalue weighted by molar-refractivity contribution is 5.44. The summed E-state index contributed by atoms with van der Waals surface area (Å²) in [5, 5.41) is 3.45. The summed E-state index contributed by atoms with van der Waals surface area (Å²) in [7, 11) is 0. The van der Waals surface area contributed by atoms with Gasteiger partial charge in [-0.15, -0.1) is 0 Å². The van der Waals surface area contributed by atoms with Crippen molar-refractivity contribution in [2.75, 3.05) is 23.3 Å².